The van der Waals surface area contributed by atoms with E-state index in [4.69, 9.17) is 9.84 Å². The Balaban J connectivity index is 2.77. The van der Waals surface area contributed by atoms with E-state index in [0.717, 1.165) is 39.1 Å². The number of aromatic nitrogens is 2. The number of nitrogens with one attached hydrogen (secondary N) is 1. The predicted octanol–water partition coefficient (Wildman–Crippen LogP) is 2.54. The Morgan fingerprint density at radius 1 is 1.21 bits per heavy atom. The van der Waals surface area contributed by atoms with Gasteiger partial charge in [0.25, 0.3) is 0 Å². The first-order chi connectivity index (χ1) is 9.28. The number of hydrogen-bond acceptors (Lipinski definition) is 3. The van der Waals surface area contributed by atoms with E-state index in [1.54, 1.807) is 7.11 Å². The standard InChI is InChI=1S/C15H29N3O/c1-5-8-10-18-15(7-3)13(14(6-2)17-18)12-16-9-11-19-4/h16H,5-12H2,1-4H3. The van der Waals surface area contributed by atoms with Crippen molar-refractivity contribution in [3.8, 4) is 0 Å². The lowest BCUT2D eigenvalue weighted by Gasteiger charge is -2.08. The second-order valence-electron chi connectivity index (χ2n) is 4.83. The van der Waals surface area contributed by atoms with Crippen LogP contribution in [0.1, 0.15) is 50.6 Å². The van der Waals surface area contributed by atoms with Crippen LogP contribution in [-0.4, -0.2) is 30.0 Å². The van der Waals surface area contributed by atoms with Gasteiger partial charge in [-0.3, -0.25) is 4.68 Å². The molecule has 0 saturated heterocycles. The molecule has 0 aromatic carbocycles. The van der Waals surface area contributed by atoms with Gasteiger partial charge in [0, 0.05) is 38.0 Å². The number of hydrogen-bond donors (Lipinski definition) is 1. The van der Waals surface area contributed by atoms with E-state index in [9.17, 15) is 0 Å². The summed E-state index contributed by atoms with van der Waals surface area (Å²) in [5, 5.41) is 8.22. The van der Waals surface area contributed by atoms with Crippen LogP contribution in [-0.2, 0) is 30.7 Å². The average Bonchev–Trinajstić information content (AvgIpc) is 2.78. The smallest absolute Gasteiger partial charge is 0.0669 e. The molecule has 19 heavy (non-hydrogen) atoms. The van der Waals surface area contributed by atoms with Gasteiger partial charge in [0.15, 0.2) is 0 Å². The molecule has 0 bridgehead atoms. The average molecular weight is 267 g/mol. The van der Waals surface area contributed by atoms with Crippen LogP contribution in [0.3, 0.4) is 0 Å². The van der Waals surface area contributed by atoms with Crippen molar-refractivity contribution in [2.24, 2.45) is 0 Å². The SMILES string of the molecule is CCCCn1nc(CC)c(CNCCOC)c1CC. The molecule has 1 aromatic rings. The number of ether oxygens (including phenoxy) is 1. The second-order valence-corrected chi connectivity index (χ2v) is 4.83. The molecule has 0 saturated carbocycles. The van der Waals surface area contributed by atoms with E-state index < -0.39 is 0 Å². The fraction of sp³-hybridized carbons (Fsp3) is 0.800. The zero-order valence-corrected chi connectivity index (χ0v) is 13.0. The van der Waals surface area contributed by atoms with Crippen molar-refractivity contribution < 1.29 is 4.74 Å². The molecular weight excluding hydrogens is 238 g/mol. The monoisotopic (exact) mass is 267 g/mol. The van der Waals surface area contributed by atoms with Gasteiger partial charge >= 0.3 is 0 Å². The van der Waals surface area contributed by atoms with Crippen molar-refractivity contribution in [1.29, 1.82) is 0 Å². The molecule has 0 atom stereocenters. The van der Waals surface area contributed by atoms with Gasteiger partial charge in [0.1, 0.15) is 0 Å². The lowest BCUT2D eigenvalue weighted by molar-refractivity contribution is 0.199. The molecule has 0 amide bonds. The molecule has 110 valence electrons. The van der Waals surface area contributed by atoms with E-state index in [2.05, 4.69) is 30.8 Å². The first-order valence-electron chi connectivity index (χ1n) is 7.55. The maximum absolute atomic E-state index is 5.07. The van der Waals surface area contributed by atoms with Gasteiger partial charge in [-0.05, 0) is 19.3 Å². The summed E-state index contributed by atoms with van der Waals surface area (Å²) in [6, 6.07) is 0. The van der Waals surface area contributed by atoms with Gasteiger partial charge in [-0.1, -0.05) is 27.2 Å². The molecule has 0 aliphatic rings. The Labute approximate surface area is 117 Å². The molecule has 0 radical (unpaired) electrons. The van der Waals surface area contributed by atoms with Crippen molar-refractivity contribution >= 4 is 0 Å². The van der Waals surface area contributed by atoms with Gasteiger partial charge in [0.2, 0.25) is 0 Å². The molecule has 0 unspecified atom stereocenters. The highest BCUT2D eigenvalue weighted by Crippen LogP contribution is 2.17. The zero-order chi connectivity index (χ0) is 14.1. The summed E-state index contributed by atoms with van der Waals surface area (Å²) in [5.41, 5.74) is 4.05. The van der Waals surface area contributed by atoms with E-state index in [1.807, 2.05) is 0 Å². The van der Waals surface area contributed by atoms with Gasteiger partial charge in [-0.25, -0.2) is 0 Å². The molecule has 0 aliphatic heterocycles. The Kier molecular flexibility index (Phi) is 7.75. The van der Waals surface area contributed by atoms with Crippen molar-refractivity contribution in [2.45, 2.75) is 59.5 Å². The number of aryl methyl sites for hydroxylation is 2. The predicted molar refractivity (Wildman–Crippen MR) is 79.5 cm³/mol. The molecule has 0 fully saturated rings. The van der Waals surface area contributed by atoms with Crippen molar-refractivity contribution in [3.63, 3.8) is 0 Å². The lowest BCUT2D eigenvalue weighted by Crippen LogP contribution is -2.20. The molecule has 1 N–H and O–H groups in total. The lowest BCUT2D eigenvalue weighted by atomic mass is 10.1. The Morgan fingerprint density at radius 2 is 2.00 bits per heavy atom. The number of nitrogens with zero attached hydrogens (tertiary/aromatic N) is 2. The molecule has 0 spiro atoms. The highest BCUT2D eigenvalue weighted by molar-refractivity contribution is 5.26. The van der Waals surface area contributed by atoms with Crippen LogP contribution in [0.15, 0.2) is 0 Å². The first-order valence-corrected chi connectivity index (χ1v) is 7.55. The second kappa shape index (κ2) is 9.10. The van der Waals surface area contributed by atoms with Crippen LogP contribution >= 0.6 is 0 Å². The minimum atomic E-state index is 0.757. The summed E-state index contributed by atoms with van der Waals surface area (Å²) < 4.78 is 7.29. The molecular formula is C15H29N3O. The van der Waals surface area contributed by atoms with Crippen molar-refractivity contribution in [2.75, 3.05) is 20.3 Å². The molecule has 1 heterocycles. The summed E-state index contributed by atoms with van der Waals surface area (Å²) in [7, 11) is 1.74. The summed E-state index contributed by atoms with van der Waals surface area (Å²) in [5.74, 6) is 0. The molecule has 0 aliphatic carbocycles. The molecule has 4 nitrogen and oxygen atoms in total. The minimum absolute atomic E-state index is 0.757. The molecule has 4 heteroatoms. The number of rotatable bonds is 10. The number of unbranched alkanes of at least 4 members (excludes halogenated alkanes) is 1. The van der Waals surface area contributed by atoms with E-state index in [1.165, 1.54) is 29.8 Å². The zero-order valence-electron chi connectivity index (χ0n) is 13.0. The van der Waals surface area contributed by atoms with Gasteiger partial charge < -0.3 is 10.1 Å². The summed E-state index contributed by atoms with van der Waals surface area (Å²) >= 11 is 0. The van der Waals surface area contributed by atoms with Crippen molar-refractivity contribution in [1.82, 2.24) is 15.1 Å². The summed E-state index contributed by atoms with van der Waals surface area (Å²) in [6.07, 6.45) is 4.48. The Morgan fingerprint density at radius 3 is 2.58 bits per heavy atom. The third kappa shape index (κ3) is 4.62. The quantitative estimate of drug-likeness (QED) is 0.662. The van der Waals surface area contributed by atoms with Gasteiger partial charge in [-0.2, -0.15) is 5.10 Å². The Hall–Kier alpha value is -0.870. The topological polar surface area (TPSA) is 39.1 Å². The highest BCUT2D eigenvalue weighted by atomic mass is 16.5. The Bertz CT molecular complexity index is 361. The normalized spacial score (nSPS) is 11.2. The van der Waals surface area contributed by atoms with Crippen LogP contribution in [0.25, 0.3) is 0 Å². The minimum Gasteiger partial charge on any atom is -0.383 e. The maximum atomic E-state index is 5.07. The fourth-order valence-corrected chi connectivity index (χ4v) is 2.35. The van der Waals surface area contributed by atoms with Crippen molar-refractivity contribution in [3.05, 3.63) is 17.0 Å². The third-order valence-corrected chi connectivity index (χ3v) is 3.43. The van der Waals surface area contributed by atoms with E-state index in [0.29, 0.717) is 0 Å². The summed E-state index contributed by atoms with van der Waals surface area (Å²) in [4.78, 5) is 0. The number of methoxy groups -OCH3 is 1. The van der Waals surface area contributed by atoms with Crippen LogP contribution in [0, 0.1) is 0 Å². The largest absolute Gasteiger partial charge is 0.383 e. The summed E-state index contributed by atoms with van der Waals surface area (Å²) in [6.45, 7) is 10.2. The highest BCUT2D eigenvalue weighted by Gasteiger charge is 2.14. The van der Waals surface area contributed by atoms with Crippen LogP contribution < -0.4 is 5.32 Å². The van der Waals surface area contributed by atoms with E-state index in [-0.39, 0.29) is 0 Å². The fourth-order valence-electron chi connectivity index (χ4n) is 2.35. The maximum Gasteiger partial charge on any atom is 0.0669 e. The van der Waals surface area contributed by atoms with Crippen LogP contribution in [0.4, 0.5) is 0 Å². The van der Waals surface area contributed by atoms with Crippen LogP contribution in [0.5, 0.6) is 0 Å². The van der Waals surface area contributed by atoms with Gasteiger partial charge in [0.05, 0.1) is 12.3 Å². The van der Waals surface area contributed by atoms with Gasteiger partial charge in [-0.15, -0.1) is 0 Å². The first kappa shape index (κ1) is 16.2. The third-order valence-electron chi connectivity index (χ3n) is 3.43. The molecule has 1 aromatic heterocycles. The van der Waals surface area contributed by atoms with E-state index >= 15 is 0 Å². The molecule has 1 rings (SSSR count). The van der Waals surface area contributed by atoms with Crippen LogP contribution in [0.2, 0.25) is 0 Å².